The lowest BCUT2D eigenvalue weighted by Gasteiger charge is -2.21. The van der Waals surface area contributed by atoms with Gasteiger partial charge in [0.2, 0.25) is 0 Å². The number of likely N-dealkylation sites (N-methyl/N-ethyl adjacent to an activating group) is 1. The first-order valence-corrected chi connectivity index (χ1v) is 5.33. The molecule has 0 saturated heterocycles. The van der Waals surface area contributed by atoms with Crippen LogP contribution in [0.25, 0.3) is 0 Å². The van der Waals surface area contributed by atoms with Gasteiger partial charge >= 0.3 is 6.03 Å². The molecule has 0 fully saturated rings. The first kappa shape index (κ1) is 12.8. The summed E-state index contributed by atoms with van der Waals surface area (Å²) in [5.74, 6) is 0. The van der Waals surface area contributed by atoms with Crippen molar-refractivity contribution >= 4 is 17.6 Å². The van der Waals surface area contributed by atoms with Crippen molar-refractivity contribution < 1.29 is 4.79 Å². The lowest BCUT2D eigenvalue weighted by Crippen LogP contribution is -2.38. The van der Waals surface area contributed by atoms with E-state index in [2.05, 4.69) is 5.32 Å². The van der Waals surface area contributed by atoms with E-state index in [0.29, 0.717) is 11.6 Å². The molecule has 0 unspecified atom stereocenters. The van der Waals surface area contributed by atoms with Gasteiger partial charge in [-0.1, -0.05) is 23.7 Å². The monoisotopic (exact) mass is 241 g/mol. The molecule has 1 atom stereocenters. The van der Waals surface area contributed by atoms with Gasteiger partial charge in [0, 0.05) is 11.6 Å². The molecule has 88 valence electrons. The number of hydrogen-bond donors (Lipinski definition) is 2. The van der Waals surface area contributed by atoms with Gasteiger partial charge in [0.15, 0.2) is 0 Å². The van der Waals surface area contributed by atoms with Gasteiger partial charge in [0.25, 0.3) is 0 Å². The van der Waals surface area contributed by atoms with E-state index in [4.69, 9.17) is 17.3 Å². The summed E-state index contributed by atoms with van der Waals surface area (Å²) < 4.78 is 0. The van der Waals surface area contributed by atoms with Gasteiger partial charge in [-0.3, -0.25) is 0 Å². The molecule has 1 aromatic rings. The van der Waals surface area contributed by atoms with Crippen molar-refractivity contribution in [1.29, 1.82) is 0 Å². The average Bonchev–Trinajstić information content (AvgIpc) is 2.16. The number of rotatable bonds is 4. The van der Waals surface area contributed by atoms with Gasteiger partial charge in [-0.05, 0) is 31.8 Å². The number of benzene rings is 1. The second kappa shape index (κ2) is 5.72. The van der Waals surface area contributed by atoms with Crippen LogP contribution in [0.1, 0.15) is 11.6 Å². The van der Waals surface area contributed by atoms with Crippen LogP contribution in [0.15, 0.2) is 24.3 Å². The second-order valence-electron chi connectivity index (χ2n) is 3.87. The van der Waals surface area contributed by atoms with Crippen LogP contribution in [0.2, 0.25) is 5.02 Å². The summed E-state index contributed by atoms with van der Waals surface area (Å²) in [7, 11) is 3.87. The Hall–Kier alpha value is -1.26. The number of carbonyl (C=O) groups excluding carboxylic acids is 1. The molecule has 0 aliphatic heterocycles. The first-order valence-electron chi connectivity index (χ1n) is 4.95. The van der Waals surface area contributed by atoms with Gasteiger partial charge in [-0.15, -0.1) is 0 Å². The highest BCUT2D eigenvalue weighted by molar-refractivity contribution is 6.30. The number of hydrogen-bond acceptors (Lipinski definition) is 2. The number of nitrogens with zero attached hydrogens (tertiary/aromatic N) is 1. The van der Waals surface area contributed by atoms with Crippen LogP contribution in [-0.2, 0) is 0 Å². The predicted octanol–water partition coefficient (Wildman–Crippen LogP) is 1.61. The lowest BCUT2D eigenvalue weighted by molar-refractivity contribution is 0.241. The van der Waals surface area contributed by atoms with E-state index in [1.807, 2.05) is 31.1 Å². The third-order valence-electron chi connectivity index (χ3n) is 2.14. The molecule has 0 aliphatic carbocycles. The number of halogens is 1. The maximum absolute atomic E-state index is 10.9. The van der Waals surface area contributed by atoms with Crippen LogP contribution in [0, 0.1) is 0 Å². The van der Waals surface area contributed by atoms with Crippen molar-refractivity contribution in [2.24, 2.45) is 5.73 Å². The van der Waals surface area contributed by atoms with Gasteiger partial charge < -0.3 is 16.0 Å². The maximum atomic E-state index is 10.9. The Labute approximate surface area is 100 Å². The zero-order chi connectivity index (χ0) is 12.1. The highest BCUT2D eigenvalue weighted by Gasteiger charge is 2.13. The predicted molar refractivity (Wildman–Crippen MR) is 65.5 cm³/mol. The summed E-state index contributed by atoms with van der Waals surface area (Å²) in [6, 6.07) is 6.70. The average molecular weight is 242 g/mol. The van der Waals surface area contributed by atoms with Crippen LogP contribution >= 0.6 is 11.6 Å². The maximum Gasteiger partial charge on any atom is 0.312 e. The molecule has 16 heavy (non-hydrogen) atoms. The number of carbonyl (C=O) groups is 1. The molecule has 1 aromatic carbocycles. The smallest absolute Gasteiger partial charge is 0.312 e. The Morgan fingerprint density at radius 2 is 2.00 bits per heavy atom. The van der Waals surface area contributed by atoms with Gasteiger partial charge in [-0.25, -0.2) is 4.79 Å². The number of primary amides is 1. The zero-order valence-corrected chi connectivity index (χ0v) is 10.2. The van der Waals surface area contributed by atoms with E-state index < -0.39 is 6.03 Å². The topological polar surface area (TPSA) is 58.4 Å². The van der Waals surface area contributed by atoms with Crippen LogP contribution < -0.4 is 11.1 Å². The Balaban J connectivity index is 2.82. The summed E-state index contributed by atoms with van der Waals surface area (Å²) in [6.07, 6.45) is 0. The molecule has 1 rings (SSSR count). The Morgan fingerprint density at radius 1 is 1.44 bits per heavy atom. The minimum atomic E-state index is -0.526. The summed E-state index contributed by atoms with van der Waals surface area (Å²) in [5.41, 5.74) is 6.12. The highest BCUT2D eigenvalue weighted by atomic mass is 35.5. The highest BCUT2D eigenvalue weighted by Crippen LogP contribution is 2.16. The summed E-state index contributed by atoms with van der Waals surface area (Å²) >= 11 is 5.81. The van der Waals surface area contributed by atoms with Crippen LogP contribution in [0.5, 0.6) is 0 Å². The van der Waals surface area contributed by atoms with E-state index in [1.54, 1.807) is 12.1 Å². The van der Waals surface area contributed by atoms with Gasteiger partial charge in [0.05, 0.1) is 6.04 Å². The van der Waals surface area contributed by atoms with E-state index in [9.17, 15) is 4.79 Å². The molecule has 3 N–H and O–H groups in total. The molecule has 5 heteroatoms. The minimum absolute atomic E-state index is 0.121. The Kier molecular flexibility index (Phi) is 4.58. The van der Waals surface area contributed by atoms with Crippen molar-refractivity contribution in [1.82, 2.24) is 10.2 Å². The molecular weight excluding hydrogens is 226 g/mol. The van der Waals surface area contributed by atoms with Crippen LogP contribution in [0.4, 0.5) is 4.79 Å². The van der Waals surface area contributed by atoms with Crippen molar-refractivity contribution in [2.45, 2.75) is 6.04 Å². The lowest BCUT2D eigenvalue weighted by atomic mass is 10.1. The number of urea groups is 1. The first-order chi connectivity index (χ1) is 7.49. The number of nitrogens with one attached hydrogen (secondary N) is 1. The fourth-order valence-electron chi connectivity index (χ4n) is 1.47. The Morgan fingerprint density at radius 3 is 2.44 bits per heavy atom. The number of amides is 2. The van der Waals surface area contributed by atoms with Crippen LogP contribution in [-0.4, -0.2) is 31.6 Å². The largest absolute Gasteiger partial charge is 0.352 e. The van der Waals surface area contributed by atoms with Crippen molar-refractivity contribution in [3.8, 4) is 0 Å². The minimum Gasteiger partial charge on any atom is -0.352 e. The molecule has 0 aromatic heterocycles. The molecule has 0 bridgehead atoms. The SMILES string of the molecule is CN(C)C[C@H](NC(N)=O)c1ccc(Cl)cc1. The van der Waals surface area contributed by atoms with E-state index in [-0.39, 0.29) is 6.04 Å². The van der Waals surface area contributed by atoms with E-state index >= 15 is 0 Å². The van der Waals surface area contributed by atoms with E-state index in [0.717, 1.165) is 5.56 Å². The second-order valence-corrected chi connectivity index (χ2v) is 4.31. The van der Waals surface area contributed by atoms with Crippen molar-refractivity contribution in [2.75, 3.05) is 20.6 Å². The molecule has 0 radical (unpaired) electrons. The molecule has 2 amide bonds. The summed E-state index contributed by atoms with van der Waals surface area (Å²) in [6.45, 7) is 0.685. The fourth-order valence-corrected chi connectivity index (χ4v) is 1.59. The van der Waals surface area contributed by atoms with Crippen molar-refractivity contribution in [3.05, 3.63) is 34.9 Å². The summed E-state index contributed by atoms with van der Waals surface area (Å²) in [5, 5.41) is 3.37. The standard InChI is InChI=1S/C11H16ClN3O/c1-15(2)7-10(14-11(13)16)8-3-5-9(12)6-4-8/h3-6,10H,7H2,1-2H3,(H3,13,14,16)/t10-/m0/s1. The zero-order valence-electron chi connectivity index (χ0n) is 9.40. The molecule has 0 aliphatic rings. The van der Waals surface area contributed by atoms with Gasteiger partial charge in [0.1, 0.15) is 0 Å². The third-order valence-corrected chi connectivity index (χ3v) is 2.39. The van der Waals surface area contributed by atoms with Crippen molar-refractivity contribution in [3.63, 3.8) is 0 Å². The molecule has 4 nitrogen and oxygen atoms in total. The molecule has 0 saturated carbocycles. The van der Waals surface area contributed by atoms with Gasteiger partial charge in [-0.2, -0.15) is 0 Å². The molecule has 0 heterocycles. The third kappa shape index (κ3) is 4.08. The fraction of sp³-hybridized carbons (Fsp3) is 0.364. The van der Waals surface area contributed by atoms with E-state index in [1.165, 1.54) is 0 Å². The number of nitrogens with two attached hydrogens (primary N) is 1. The van der Waals surface area contributed by atoms with Crippen LogP contribution in [0.3, 0.4) is 0 Å². The quantitative estimate of drug-likeness (QED) is 0.842. The molecular formula is C11H16ClN3O. The Bertz CT molecular complexity index is 351. The summed E-state index contributed by atoms with van der Waals surface area (Å²) in [4.78, 5) is 12.9. The normalized spacial score (nSPS) is 12.5. The molecule has 0 spiro atoms.